The van der Waals surface area contributed by atoms with Crippen molar-refractivity contribution in [3.05, 3.63) is 0 Å². The molecule has 0 bridgehead atoms. The van der Waals surface area contributed by atoms with E-state index in [0.717, 1.165) is 6.42 Å². The largest absolute Gasteiger partial charge is 0.445 e. The quantitative estimate of drug-likeness (QED) is 0.492. The third kappa shape index (κ3) is 1.36. The summed E-state index contributed by atoms with van der Waals surface area (Å²) in [7, 11) is 0. The zero-order valence-corrected chi connectivity index (χ0v) is 8.46. The molecule has 0 aromatic heterocycles. The van der Waals surface area contributed by atoms with Crippen molar-refractivity contribution in [1.82, 2.24) is 0 Å². The second kappa shape index (κ2) is 3.35. The van der Waals surface area contributed by atoms with Gasteiger partial charge in [0.2, 0.25) is 0 Å². The van der Waals surface area contributed by atoms with E-state index in [4.69, 9.17) is 16.4 Å². The van der Waals surface area contributed by atoms with E-state index in [2.05, 4.69) is 12.0 Å². The number of hydrogen-bond donors (Lipinski definition) is 0. The number of hydrogen-bond acceptors (Lipinski definition) is 3. The Morgan fingerprint density at radius 3 is 2.43 bits per heavy atom. The molecule has 0 aliphatic heterocycles. The van der Waals surface area contributed by atoms with Crippen LogP contribution in [0.15, 0.2) is 0 Å². The molecule has 1 aliphatic rings. The van der Waals surface area contributed by atoms with Crippen LogP contribution in [0.25, 0.3) is 0 Å². The smallest absolute Gasteiger partial charge is 0.304 e. The van der Waals surface area contributed by atoms with E-state index in [0.29, 0.717) is 12.8 Å². The van der Waals surface area contributed by atoms with Crippen molar-refractivity contribution in [3.63, 3.8) is 0 Å². The van der Waals surface area contributed by atoms with Crippen LogP contribution in [-0.4, -0.2) is 11.6 Å². The van der Waals surface area contributed by atoms with Gasteiger partial charge in [0.25, 0.3) is 0 Å². The van der Waals surface area contributed by atoms with Gasteiger partial charge in [-0.2, -0.15) is 5.26 Å². The van der Waals surface area contributed by atoms with Crippen molar-refractivity contribution in [2.75, 3.05) is 0 Å². The molecule has 1 fully saturated rings. The molecule has 0 aromatic carbocycles. The van der Waals surface area contributed by atoms with Crippen LogP contribution < -0.4 is 0 Å². The highest BCUT2D eigenvalue weighted by Crippen LogP contribution is 2.50. The summed E-state index contributed by atoms with van der Waals surface area (Å²) < 4.78 is 5.09. The van der Waals surface area contributed by atoms with Gasteiger partial charge in [-0.25, -0.2) is 0 Å². The van der Waals surface area contributed by atoms with Gasteiger partial charge in [0.15, 0.2) is 5.60 Å². The van der Waals surface area contributed by atoms with E-state index in [9.17, 15) is 4.79 Å². The molecule has 1 rings (SSSR count). The number of esters is 1. The Morgan fingerprint density at radius 2 is 2.21 bits per heavy atom. The average Bonchev–Trinajstić information content (AvgIpc) is 2.01. The first kappa shape index (κ1) is 10.6. The van der Waals surface area contributed by atoms with Gasteiger partial charge in [-0.3, -0.25) is 4.79 Å². The number of nitriles is 1. The molecule has 0 saturated heterocycles. The lowest BCUT2D eigenvalue weighted by atomic mass is 9.60. The van der Waals surface area contributed by atoms with Crippen molar-refractivity contribution in [2.45, 2.75) is 38.7 Å². The summed E-state index contributed by atoms with van der Waals surface area (Å²) in [4.78, 5) is 10.9. The van der Waals surface area contributed by atoms with Gasteiger partial charge in [-0.05, 0) is 26.2 Å². The van der Waals surface area contributed by atoms with E-state index in [1.165, 1.54) is 6.92 Å². The lowest BCUT2D eigenvalue weighted by Gasteiger charge is -2.45. The summed E-state index contributed by atoms with van der Waals surface area (Å²) in [5, 5.41) is 9.08. The number of rotatable bonds is 2. The molecule has 0 heterocycles. The molecule has 3 nitrogen and oxygen atoms in total. The molecule has 1 aliphatic carbocycles. The highest BCUT2D eigenvalue weighted by atomic mass is 16.6. The lowest BCUT2D eigenvalue weighted by molar-refractivity contribution is -0.162. The minimum Gasteiger partial charge on any atom is -0.445 e. The summed E-state index contributed by atoms with van der Waals surface area (Å²) in [5.74, 6) is 2.00. The van der Waals surface area contributed by atoms with E-state index in [1.54, 1.807) is 6.92 Å². The normalized spacial score (nSPS) is 22.0. The molecule has 0 radical (unpaired) electrons. The monoisotopic (exact) mass is 191 g/mol. The Balaban J connectivity index is 2.96. The van der Waals surface area contributed by atoms with Crippen molar-refractivity contribution in [1.29, 1.82) is 5.26 Å². The number of terminal acetylenes is 1. The summed E-state index contributed by atoms with van der Waals surface area (Å²) in [6, 6.07) is 2.19. The molecule has 0 N–H and O–H groups in total. The molecule has 74 valence electrons. The second-order valence-corrected chi connectivity index (χ2v) is 3.82. The summed E-state index contributed by atoms with van der Waals surface area (Å²) in [6.45, 7) is 2.94. The van der Waals surface area contributed by atoms with Crippen LogP contribution in [0.1, 0.15) is 33.1 Å². The fourth-order valence-electron chi connectivity index (χ4n) is 1.78. The highest BCUT2D eigenvalue weighted by Gasteiger charge is 2.54. The number of nitrogens with zero attached hydrogens (tertiary/aromatic N) is 1. The van der Waals surface area contributed by atoms with Gasteiger partial charge >= 0.3 is 5.97 Å². The molecule has 1 atom stereocenters. The van der Waals surface area contributed by atoms with Crippen LogP contribution in [0.3, 0.4) is 0 Å². The molecule has 1 saturated carbocycles. The predicted molar refractivity (Wildman–Crippen MR) is 50.9 cm³/mol. The average molecular weight is 191 g/mol. The first-order chi connectivity index (χ1) is 6.49. The van der Waals surface area contributed by atoms with Crippen molar-refractivity contribution >= 4 is 5.97 Å². The minimum atomic E-state index is -1.08. The Kier molecular flexibility index (Phi) is 2.53. The highest BCUT2D eigenvalue weighted by molar-refractivity contribution is 5.67. The second-order valence-electron chi connectivity index (χ2n) is 3.82. The van der Waals surface area contributed by atoms with Crippen LogP contribution in [0.5, 0.6) is 0 Å². The Hall–Kier alpha value is -1.48. The zero-order valence-electron chi connectivity index (χ0n) is 8.46. The fourth-order valence-corrected chi connectivity index (χ4v) is 1.78. The van der Waals surface area contributed by atoms with Crippen LogP contribution in [0.4, 0.5) is 0 Å². The van der Waals surface area contributed by atoms with Gasteiger partial charge in [0.05, 0.1) is 6.07 Å². The SMILES string of the molecule is C#C[C@](C)(OC(C)=O)C1(C#N)CCC1. The number of carbonyl (C=O) groups is 1. The molecule has 0 spiro atoms. The Labute approximate surface area is 84.0 Å². The Morgan fingerprint density at radius 1 is 1.64 bits per heavy atom. The van der Waals surface area contributed by atoms with E-state index >= 15 is 0 Å². The maximum Gasteiger partial charge on any atom is 0.304 e. The van der Waals surface area contributed by atoms with Gasteiger partial charge in [0, 0.05) is 6.92 Å². The topological polar surface area (TPSA) is 50.1 Å². The van der Waals surface area contributed by atoms with Gasteiger partial charge in [0.1, 0.15) is 5.41 Å². The van der Waals surface area contributed by atoms with Crippen LogP contribution in [0.2, 0.25) is 0 Å². The summed E-state index contributed by atoms with van der Waals surface area (Å²) in [5.41, 5.74) is -1.75. The lowest BCUT2D eigenvalue weighted by Crippen LogP contribution is -2.51. The third-order valence-electron chi connectivity index (χ3n) is 2.96. The van der Waals surface area contributed by atoms with Crippen LogP contribution in [0, 0.1) is 29.1 Å². The van der Waals surface area contributed by atoms with Crippen molar-refractivity contribution < 1.29 is 9.53 Å². The minimum absolute atomic E-state index is 0.438. The molecular formula is C11H13NO2. The predicted octanol–water partition coefficient (Wildman–Crippen LogP) is 1.64. The number of ether oxygens (including phenoxy) is 1. The molecule has 3 heteroatoms. The number of carbonyl (C=O) groups excluding carboxylic acids is 1. The van der Waals surface area contributed by atoms with Crippen LogP contribution >= 0.6 is 0 Å². The van der Waals surface area contributed by atoms with Crippen molar-refractivity contribution in [3.8, 4) is 18.4 Å². The molecule has 0 unspecified atom stereocenters. The molecule has 14 heavy (non-hydrogen) atoms. The van der Waals surface area contributed by atoms with Gasteiger partial charge in [-0.15, -0.1) is 6.42 Å². The third-order valence-corrected chi connectivity index (χ3v) is 2.96. The summed E-state index contributed by atoms with van der Waals surface area (Å²) in [6.07, 6.45) is 7.72. The van der Waals surface area contributed by atoms with E-state index < -0.39 is 17.0 Å². The standard InChI is InChI=1S/C11H13NO2/c1-4-10(3,14-9(2)13)11(8-12)6-5-7-11/h1H,5-7H2,2-3H3/t10-/m0/s1. The first-order valence-electron chi connectivity index (χ1n) is 4.58. The van der Waals surface area contributed by atoms with Crippen molar-refractivity contribution in [2.24, 2.45) is 5.41 Å². The fraction of sp³-hybridized carbons (Fsp3) is 0.636. The zero-order chi connectivity index (χ0) is 10.8. The molecular weight excluding hydrogens is 178 g/mol. The summed E-state index contributed by atoms with van der Waals surface area (Å²) >= 11 is 0. The maximum absolute atomic E-state index is 10.9. The first-order valence-corrected chi connectivity index (χ1v) is 4.58. The maximum atomic E-state index is 10.9. The van der Waals surface area contributed by atoms with E-state index in [-0.39, 0.29) is 0 Å². The van der Waals surface area contributed by atoms with Gasteiger partial charge in [-0.1, -0.05) is 5.92 Å². The molecule has 0 amide bonds. The Bertz CT molecular complexity index is 330. The van der Waals surface area contributed by atoms with Crippen LogP contribution in [-0.2, 0) is 9.53 Å². The van der Waals surface area contributed by atoms with E-state index in [1.807, 2.05) is 0 Å². The molecule has 0 aromatic rings. The van der Waals surface area contributed by atoms with Gasteiger partial charge < -0.3 is 4.74 Å².